The lowest BCUT2D eigenvalue weighted by atomic mass is 10.1. The van der Waals surface area contributed by atoms with Gasteiger partial charge in [-0.05, 0) is 31.2 Å². The minimum Gasteiger partial charge on any atom is -0.493 e. The maximum absolute atomic E-state index is 12.7. The number of anilines is 1. The number of carbonyl (C=O) groups is 2. The molecule has 0 aromatic heterocycles. The van der Waals surface area contributed by atoms with E-state index in [1.165, 1.54) is 0 Å². The van der Waals surface area contributed by atoms with Gasteiger partial charge in [0.25, 0.3) is 5.91 Å². The third-order valence-electron chi connectivity index (χ3n) is 4.22. The Morgan fingerprint density at radius 1 is 1.19 bits per heavy atom. The van der Waals surface area contributed by atoms with Crippen LogP contribution in [0.2, 0.25) is 0 Å². The van der Waals surface area contributed by atoms with Gasteiger partial charge in [-0.25, -0.2) is 0 Å². The van der Waals surface area contributed by atoms with Gasteiger partial charge >= 0.3 is 0 Å². The first-order valence-electron chi connectivity index (χ1n) is 8.55. The number of hydrogen-bond donors (Lipinski definition) is 1. The average molecular weight is 354 g/mol. The predicted molar refractivity (Wildman–Crippen MR) is 98.6 cm³/mol. The summed E-state index contributed by atoms with van der Waals surface area (Å²) in [5, 5.41) is 2.57. The zero-order chi connectivity index (χ0) is 18.5. The van der Waals surface area contributed by atoms with Crippen molar-refractivity contribution in [2.75, 3.05) is 25.1 Å². The molecule has 0 fully saturated rings. The Labute approximate surface area is 152 Å². The minimum absolute atomic E-state index is 0.109. The summed E-state index contributed by atoms with van der Waals surface area (Å²) >= 11 is 0. The van der Waals surface area contributed by atoms with Gasteiger partial charge in [0.05, 0.1) is 25.3 Å². The van der Waals surface area contributed by atoms with Gasteiger partial charge in [-0.3, -0.25) is 9.59 Å². The van der Waals surface area contributed by atoms with E-state index in [1.807, 2.05) is 49.4 Å². The van der Waals surface area contributed by atoms with E-state index in [-0.39, 0.29) is 31.4 Å². The number of hydrogen-bond acceptors (Lipinski definition) is 4. The van der Waals surface area contributed by atoms with Crippen LogP contribution in [0.15, 0.2) is 48.5 Å². The van der Waals surface area contributed by atoms with E-state index in [4.69, 9.17) is 9.47 Å². The third kappa shape index (κ3) is 3.96. The van der Waals surface area contributed by atoms with Crippen LogP contribution in [0, 0.1) is 6.92 Å². The molecule has 26 heavy (non-hydrogen) atoms. The molecule has 1 aliphatic heterocycles. The van der Waals surface area contributed by atoms with Crippen molar-refractivity contribution >= 4 is 17.5 Å². The Morgan fingerprint density at radius 2 is 1.92 bits per heavy atom. The summed E-state index contributed by atoms with van der Waals surface area (Å²) in [4.78, 5) is 26.3. The number of nitrogens with zero attached hydrogens (tertiary/aromatic N) is 1. The Bertz CT molecular complexity index is 789. The Hall–Kier alpha value is -3.02. The zero-order valence-electron chi connectivity index (χ0n) is 14.9. The second-order valence-electron chi connectivity index (χ2n) is 6.10. The maximum atomic E-state index is 12.7. The second kappa shape index (κ2) is 7.91. The SMILES string of the molecule is CNC(=O)[C@@H]1CN(C(=O)CCOc2ccc(C)cc2)c2ccccc2O1. The number of benzene rings is 2. The van der Waals surface area contributed by atoms with E-state index in [0.29, 0.717) is 11.4 Å². The number of ether oxygens (including phenoxy) is 2. The third-order valence-corrected chi connectivity index (χ3v) is 4.22. The fraction of sp³-hybridized carbons (Fsp3) is 0.300. The summed E-state index contributed by atoms with van der Waals surface area (Å²) in [6, 6.07) is 14.9. The Morgan fingerprint density at radius 3 is 2.65 bits per heavy atom. The minimum atomic E-state index is -0.725. The van der Waals surface area contributed by atoms with E-state index in [2.05, 4.69) is 5.32 Å². The molecule has 1 heterocycles. The van der Waals surface area contributed by atoms with Gasteiger partial charge in [0.15, 0.2) is 6.10 Å². The molecule has 2 amide bonds. The summed E-state index contributed by atoms with van der Waals surface area (Å²) in [5.41, 5.74) is 1.83. The summed E-state index contributed by atoms with van der Waals surface area (Å²) in [6.07, 6.45) is -0.514. The van der Waals surface area contributed by atoms with Crippen molar-refractivity contribution in [2.45, 2.75) is 19.4 Å². The van der Waals surface area contributed by atoms with E-state index in [1.54, 1.807) is 18.0 Å². The molecular weight excluding hydrogens is 332 g/mol. The first kappa shape index (κ1) is 17.8. The molecule has 0 saturated heterocycles. The average Bonchev–Trinajstić information content (AvgIpc) is 2.67. The van der Waals surface area contributed by atoms with Gasteiger partial charge < -0.3 is 19.7 Å². The van der Waals surface area contributed by atoms with Crippen LogP contribution in [-0.4, -0.2) is 38.1 Å². The maximum Gasteiger partial charge on any atom is 0.262 e. The van der Waals surface area contributed by atoms with Gasteiger partial charge in [-0.2, -0.15) is 0 Å². The van der Waals surface area contributed by atoms with Crippen molar-refractivity contribution in [3.63, 3.8) is 0 Å². The van der Waals surface area contributed by atoms with E-state index < -0.39 is 6.10 Å². The summed E-state index contributed by atoms with van der Waals surface area (Å²) in [5.74, 6) is 0.893. The highest BCUT2D eigenvalue weighted by molar-refractivity contribution is 5.97. The zero-order valence-corrected chi connectivity index (χ0v) is 14.9. The van der Waals surface area contributed by atoms with E-state index in [0.717, 1.165) is 11.3 Å². The molecule has 1 atom stereocenters. The Balaban J connectivity index is 1.66. The van der Waals surface area contributed by atoms with Crippen LogP contribution < -0.4 is 19.7 Å². The van der Waals surface area contributed by atoms with Crippen molar-refractivity contribution in [1.82, 2.24) is 5.32 Å². The lowest BCUT2D eigenvalue weighted by Crippen LogP contribution is -2.50. The van der Waals surface area contributed by atoms with Crippen LogP contribution >= 0.6 is 0 Å². The molecule has 0 spiro atoms. The molecular formula is C20H22N2O4. The second-order valence-corrected chi connectivity index (χ2v) is 6.10. The number of carbonyl (C=O) groups excluding carboxylic acids is 2. The van der Waals surface area contributed by atoms with Gasteiger partial charge in [0, 0.05) is 7.05 Å². The highest BCUT2D eigenvalue weighted by Gasteiger charge is 2.33. The van der Waals surface area contributed by atoms with E-state index >= 15 is 0 Å². The van der Waals surface area contributed by atoms with Gasteiger partial charge in [-0.1, -0.05) is 29.8 Å². The van der Waals surface area contributed by atoms with Crippen LogP contribution in [0.4, 0.5) is 5.69 Å². The first-order chi connectivity index (χ1) is 12.6. The number of rotatable bonds is 5. The highest BCUT2D eigenvalue weighted by Crippen LogP contribution is 2.33. The standard InChI is InChI=1S/C20H22N2O4/c1-14-7-9-15(10-8-14)25-12-11-19(23)22-13-18(20(24)21-2)26-17-6-4-3-5-16(17)22/h3-10,18H,11-13H2,1-2H3,(H,21,24)/t18-/m0/s1. The summed E-state index contributed by atoms with van der Waals surface area (Å²) in [6.45, 7) is 2.46. The molecule has 2 aromatic carbocycles. The molecule has 1 aliphatic rings. The van der Waals surface area contributed by atoms with Crippen molar-refractivity contribution in [3.8, 4) is 11.5 Å². The topological polar surface area (TPSA) is 67.9 Å². The quantitative estimate of drug-likeness (QED) is 0.895. The fourth-order valence-corrected chi connectivity index (χ4v) is 2.79. The first-order valence-corrected chi connectivity index (χ1v) is 8.55. The predicted octanol–water partition coefficient (Wildman–Crippen LogP) is 2.30. The van der Waals surface area contributed by atoms with Crippen LogP contribution in [0.3, 0.4) is 0 Å². The molecule has 2 aromatic rings. The fourth-order valence-electron chi connectivity index (χ4n) is 2.79. The molecule has 0 aliphatic carbocycles. The molecule has 3 rings (SSSR count). The van der Waals surface area contributed by atoms with Crippen molar-refractivity contribution in [1.29, 1.82) is 0 Å². The summed E-state index contributed by atoms with van der Waals surface area (Å²) in [7, 11) is 1.55. The summed E-state index contributed by atoms with van der Waals surface area (Å²) < 4.78 is 11.4. The van der Waals surface area contributed by atoms with Crippen LogP contribution in [0.5, 0.6) is 11.5 Å². The van der Waals surface area contributed by atoms with Gasteiger partial charge in [0.2, 0.25) is 5.91 Å². The van der Waals surface area contributed by atoms with Gasteiger partial charge in [-0.15, -0.1) is 0 Å². The molecule has 136 valence electrons. The number of amides is 2. The van der Waals surface area contributed by atoms with Crippen molar-refractivity contribution in [3.05, 3.63) is 54.1 Å². The molecule has 6 heteroatoms. The number of likely N-dealkylation sites (N-methyl/N-ethyl adjacent to an activating group) is 1. The van der Waals surface area contributed by atoms with Crippen LogP contribution in [-0.2, 0) is 9.59 Å². The largest absolute Gasteiger partial charge is 0.493 e. The van der Waals surface area contributed by atoms with E-state index in [9.17, 15) is 9.59 Å². The lowest BCUT2D eigenvalue weighted by Gasteiger charge is -2.34. The number of nitrogens with one attached hydrogen (secondary N) is 1. The molecule has 0 bridgehead atoms. The van der Waals surface area contributed by atoms with Crippen LogP contribution in [0.1, 0.15) is 12.0 Å². The highest BCUT2D eigenvalue weighted by atomic mass is 16.5. The lowest BCUT2D eigenvalue weighted by molar-refractivity contribution is -0.128. The monoisotopic (exact) mass is 354 g/mol. The molecule has 0 saturated carbocycles. The van der Waals surface area contributed by atoms with Crippen LogP contribution in [0.25, 0.3) is 0 Å². The molecule has 0 radical (unpaired) electrons. The number of fused-ring (bicyclic) bond motifs is 1. The molecule has 1 N–H and O–H groups in total. The van der Waals surface area contributed by atoms with Gasteiger partial charge in [0.1, 0.15) is 11.5 Å². The smallest absolute Gasteiger partial charge is 0.262 e. The molecule has 0 unspecified atom stereocenters. The normalized spacial score (nSPS) is 15.6. The number of aryl methyl sites for hydroxylation is 1. The number of para-hydroxylation sites is 2. The van der Waals surface area contributed by atoms with Crippen molar-refractivity contribution < 1.29 is 19.1 Å². The van der Waals surface area contributed by atoms with Crippen molar-refractivity contribution in [2.24, 2.45) is 0 Å². The molecule has 6 nitrogen and oxygen atoms in total. The Kier molecular flexibility index (Phi) is 5.41.